The Morgan fingerprint density at radius 3 is 2.63 bits per heavy atom. The average molecular weight is 283 g/mol. The maximum Gasteiger partial charge on any atom is 0.246 e. The highest BCUT2D eigenvalue weighted by atomic mass is 35.5. The highest BCUT2D eigenvalue weighted by Gasteiger charge is 2.33. The summed E-state index contributed by atoms with van der Waals surface area (Å²) in [5.74, 6) is -0.101. The van der Waals surface area contributed by atoms with Crippen LogP contribution in [0, 0.1) is 0 Å². The molecule has 1 amide bonds. The lowest BCUT2D eigenvalue weighted by atomic mass is 10.0. The molecule has 2 N–H and O–H groups in total. The van der Waals surface area contributed by atoms with Crippen LogP contribution in [0.4, 0.5) is 0 Å². The van der Waals surface area contributed by atoms with Crippen molar-refractivity contribution in [2.75, 3.05) is 19.7 Å². The number of nitrogens with one attached hydrogen (secondary N) is 2. The number of rotatable bonds is 5. The molecule has 0 spiro atoms. The third-order valence-electron chi connectivity index (χ3n) is 3.30. The van der Waals surface area contributed by atoms with Gasteiger partial charge in [-0.1, -0.05) is 23.7 Å². The van der Waals surface area contributed by atoms with E-state index in [0.29, 0.717) is 5.02 Å². The van der Waals surface area contributed by atoms with E-state index >= 15 is 0 Å². The van der Waals surface area contributed by atoms with Gasteiger partial charge in [0.2, 0.25) is 5.91 Å². The van der Waals surface area contributed by atoms with Crippen LogP contribution in [0.25, 0.3) is 0 Å². The molecule has 0 saturated carbocycles. The van der Waals surface area contributed by atoms with E-state index in [1.165, 1.54) is 0 Å². The third-order valence-corrected chi connectivity index (χ3v) is 3.55. The van der Waals surface area contributed by atoms with Gasteiger partial charge in [-0.3, -0.25) is 4.79 Å². The van der Waals surface area contributed by atoms with E-state index in [-0.39, 0.29) is 24.2 Å². The van der Waals surface area contributed by atoms with Crippen molar-refractivity contribution in [2.45, 2.75) is 25.5 Å². The summed E-state index contributed by atoms with van der Waals surface area (Å²) < 4.78 is 5.59. The van der Waals surface area contributed by atoms with Crippen molar-refractivity contribution in [3.8, 4) is 0 Å². The number of halogens is 1. The molecule has 19 heavy (non-hydrogen) atoms. The van der Waals surface area contributed by atoms with Crippen molar-refractivity contribution in [3.63, 3.8) is 0 Å². The van der Waals surface area contributed by atoms with Crippen molar-refractivity contribution < 1.29 is 9.53 Å². The normalized spacial score (nSPS) is 18.5. The zero-order valence-corrected chi connectivity index (χ0v) is 12.0. The lowest BCUT2D eigenvalue weighted by Crippen LogP contribution is -2.59. The van der Waals surface area contributed by atoms with E-state index in [0.717, 1.165) is 18.7 Å². The summed E-state index contributed by atoms with van der Waals surface area (Å²) >= 11 is 5.83. The van der Waals surface area contributed by atoms with Crippen LogP contribution in [0.15, 0.2) is 24.3 Å². The summed E-state index contributed by atoms with van der Waals surface area (Å²) in [5.41, 5.74) is 0.829. The zero-order valence-electron chi connectivity index (χ0n) is 11.2. The Morgan fingerprint density at radius 1 is 1.47 bits per heavy atom. The van der Waals surface area contributed by atoms with Crippen LogP contribution < -0.4 is 10.6 Å². The number of amides is 1. The minimum Gasteiger partial charge on any atom is -0.363 e. The van der Waals surface area contributed by atoms with Crippen LogP contribution in [0.1, 0.15) is 25.5 Å². The molecule has 0 aromatic heterocycles. The van der Waals surface area contributed by atoms with Crippen molar-refractivity contribution in [1.82, 2.24) is 10.6 Å². The first kappa shape index (κ1) is 14.3. The molecule has 2 rings (SSSR count). The fourth-order valence-corrected chi connectivity index (χ4v) is 2.06. The Bertz CT molecular complexity index is 443. The lowest BCUT2D eigenvalue weighted by molar-refractivity contribution is -0.136. The first-order chi connectivity index (χ1) is 8.98. The maximum atomic E-state index is 11.8. The topological polar surface area (TPSA) is 50.4 Å². The molecule has 1 unspecified atom stereocenters. The van der Waals surface area contributed by atoms with Gasteiger partial charge in [-0.2, -0.15) is 0 Å². The largest absolute Gasteiger partial charge is 0.363 e. The van der Waals surface area contributed by atoms with Gasteiger partial charge in [0.15, 0.2) is 0 Å². The lowest BCUT2D eigenvalue weighted by Gasteiger charge is -2.38. The Balaban J connectivity index is 1.79. The fraction of sp³-hybridized carbons (Fsp3) is 0.500. The van der Waals surface area contributed by atoms with Gasteiger partial charge in [-0.25, -0.2) is 0 Å². The van der Waals surface area contributed by atoms with Crippen molar-refractivity contribution >= 4 is 17.5 Å². The van der Waals surface area contributed by atoms with E-state index in [9.17, 15) is 4.79 Å². The van der Waals surface area contributed by atoms with Crippen LogP contribution in [0.3, 0.4) is 0 Å². The number of carbonyl (C=O) groups excluding carboxylic acids is 1. The molecule has 1 aliphatic rings. The predicted octanol–water partition coefficient (Wildman–Crippen LogP) is 1.90. The second-order valence-electron chi connectivity index (χ2n) is 5.18. The van der Waals surface area contributed by atoms with Crippen LogP contribution in [0.2, 0.25) is 5.02 Å². The highest BCUT2D eigenvalue weighted by molar-refractivity contribution is 6.30. The van der Waals surface area contributed by atoms with Gasteiger partial charge in [0.05, 0.1) is 11.6 Å². The molecule has 1 aromatic rings. The Kier molecular flexibility index (Phi) is 4.45. The van der Waals surface area contributed by atoms with Crippen molar-refractivity contribution in [3.05, 3.63) is 34.9 Å². The Labute approximate surface area is 118 Å². The second-order valence-corrected chi connectivity index (χ2v) is 5.62. The second kappa shape index (κ2) is 5.90. The van der Waals surface area contributed by atoms with Gasteiger partial charge in [-0.05, 0) is 31.5 Å². The average Bonchev–Trinajstić information content (AvgIpc) is 2.35. The SMILES string of the molecule is CC(NC(=O)COC1(C)CNC1)c1ccc(Cl)cc1. The zero-order chi connectivity index (χ0) is 13.9. The minimum absolute atomic E-state index is 0.0549. The maximum absolute atomic E-state index is 11.8. The van der Waals surface area contributed by atoms with Crippen LogP contribution >= 0.6 is 11.6 Å². The van der Waals surface area contributed by atoms with E-state index in [2.05, 4.69) is 10.6 Å². The summed E-state index contributed by atoms with van der Waals surface area (Å²) in [6.07, 6.45) is 0. The van der Waals surface area contributed by atoms with E-state index < -0.39 is 0 Å². The molecular formula is C14H19ClN2O2. The van der Waals surface area contributed by atoms with E-state index in [1.807, 2.05) is 38.1 Å². The quantitative estimate of drug-likeness (QED) is 0.867. The summed E-state index contributed by atoms with van der Waals surface area (Å²) in [4.78, 5) is 11.8. The number of hydrogen-bond acceptors (Lipinski definition) is 3. The Morgan fingerprint density at radius 2 is 2.11 bits per heavy atom. The molecular weight excluding hydrogens is 264 g/mol. The molecule has 1 atom stereocenters. The molecule has 1 heterocycles. The van der Waals surface area contributed by atoms with Gasteiger partial charge in [0, 0.05) is 18.1 Å². The molecule has 104 valence electrons. The molecule has 5 heteroatoms. The first-order valence-corrected chi connectivity index (χ1v) is 6.76. The minimum atomic E-state index is -0.194. The summed E-state index contributed by atoms with van der Waals surface area (Å²) in [6, 6.07) is 7.39. The van der Waals surface area contributed by atoms with Gasteiger partial charge < -0.3 is 15.4 Å². The highest BCUT2D eigenvalue weighted by Crippen LogP contribution is 2.17. The van der Waals surface area contributed by atoms with E-state index in [1.54, 1.807) is 0 Å². The molecule has 0 bridgehead atoms. The van der Waals surface area contributed by atoms with Crippen LogP contribution in [-0.4, -0.2) is 31.2 Å². The fourth-order valence-electron chi connectivity index (χ4n) is 1.94. The number of ether oxygens (including phenoxy) is 1. The van der Waals surface area contributed by atoms with Crippen molar-refractivity contribution in [2.24, 2.45) is 0 Å². The molecule has 1 fully saturated rings. The number of carbonyl (C=O) groups is 1. The molecule has 0 radical (unpaired) electrons. The third kappa shape index (κ3) is 3.93. The number of benzene rings is 1. The first-order valence-electron chi connectivity index (χ1n) is 6.38. The molecule has 1 aliphatic heterocycles. The van der Waals surface area contributed by atoms with Crippen molar-refractivity contribution in [1.29, 1.82) is 0 Å². The molecule has 0 aliphatic carbocycles. The summed E-state index contributed by atoms with van der Waals surface area (Å²) in [7, 11) is 0. The van der Waals surface area contributed by atoms with Crippen LogP contribution in [-0.2, 0) is 9.53 Å². The monoisotopic (exact) mass is 282 g/mol. The predicted molar refractivity (Wildman–Crippen MR) is 75.2 cm³/mol. The van der Waals surface area contributed by atoms with Gasteiger partial charge in [0.1, 0.15) is 6.61 Å². The molecule has 1 saturated heterocycles. The molecule has 1 aromatic carbocycles. The number of hydrogen-bond donors (Lipinski definition) is 2. The smallest absolute Gasteiger partial charge is 0.246 e. The summed E-state index contributed by atoms with van der Waals surface area (Å²) in [5, 5.41) is 6.73. The Hall–Kier alpha value is -1.10. The van der Waals surface area contributed by atoms with Gasteiger partial charge in [0.25, 0.3) is 0 Å². The van der Waals surface area contributed by atoms with Gasteiger partial charge in [-0.15, -0.1) is 0 Å². The van der Waals surface area contributed by atoms with Crippen LogP contribution in [0.5, 0.6) is 0 Å². The standard InChI is InChI=1S/C14H19ClN2O2/c1-10(11-3-5-12(15)6-4-11)17-13(18)7-19-14(2)8-16-9-14/h3-6,10,16H,7-9H2,1-2H3,(H,17,18). The van der Waals surface area contributed by atoms with E-state index in [4.69, 9.17) is 16.3 Å². The molecule has 4 nitrogen and oxygen atoms in total. The summed E-state index contributed by atoms with van der Waals surface area (Å²) in [6.45, 7) is 5.63. The van der Waals surface area contributed by atoms with Gasteiger partial charge >= 0.3 is 0 Å².